The zero-order valence-electron chi connectivity index (χ0n) is 14.6. The molecule has 0 fully saturated rings. The molecule has 0 aliphatic carbocycles. The zero-order chi connectivity index (χ0) is 18.7. The van der Waals surface area contributed by atoms with Gasteiger partial charge in [-0.1, -0.05) is 17.8 Å². The van der Waals surface area contributed by atoms with E-state index in [1.807, 2.05) is 30.0 Å². The number of halogens is 3. The van der Waals surface area contributed by atoms with Gasteiger partial charge in [0.2, 0.25) is 0 Å². The van der Waals surface area contributed by atoms with Crippen LogP contribution in [0.2, 0.25) is 0 Å². The molecule has 0 N–H and O–H groups in total. The maximum Gasteiger partial charge on any atom is 0.416 e. The van der Waals surface area contributed by atoms with Crippen molar-refractivity contribution in [2.24, 2.45) is 0 Å². The van der Waals surface area contributed by atoms with Crippen molar-refractivity contribution in [2.45, 2.75) is 22.9 Å². The molecule has 0 bridgehead atoms. The Kier molecular flexibility index (Phi) is 5.79. The molecule has 2 aromatic rings. The first-order valence-corrected chi connectivity index (χ1v) is 9.06. The summed E-state index contributed by atoms with van der Waals surface area (Å²) in [7, 11) is 1.61. The molecule has 0 aromatic heterocycles. The summed E-state index contributed by atoms with van der Waals surface area (Å²) in [6.45, 7) is 3.98. The van der Waals surface area contributed by atoms with Crippen LogP contribution in [0.1, 0.15) is 11.1 Å². The van der Waals surface area contributed by atoms with E-state index in [2.05, 4.69) is 0 Å². The molecule has 0 spiro atoms. The first-order valence-electron chi connectivity index (χ1n) is 8.24. The maximum atomic E-state index is 13.1. The van der Waals surface area contributed by atoms with Crippen molar-refractivity contribution in [3.8, 4) is 0 Å². The van der Waals surface area contributed by atoms with Gasteiger partial charge in [0.15, 0.2) is 0 Å². The quantitative estimate of drug-likeness (QED) is 0.633. The molecular formula is C19H20F3NO2S. The van der Waals surface area contributed by atoms with Crippen LogP contribution >= 0.6 is 11.8 Å². The molecule has 1 heterocycles. The number of aryl methyl sites for hydroxylation is 1. The van der Waals surface area contributed by atoms with E-state index in [9.17, 15) is 13.2 Å². The van der Waals surface area contributed by atoms with Gasteiger partial charge in [0, 0.05) is 23.4 Å². The van der Waals surface area contributed by atoms with Crippen molar-refractivity contribution in [1.29, 1.82) is 0 Å². The molecule has 0 saturated carbocycles. The van der Waals surface area contributed by atoms with Gasteiger partial charge in [-0.05, 0) is 42.8 Å². The fourth-order valence-corrected chi connectivity index (χ4v) is 4.04. The van der Waals surface area contributed by atoms with E-state index < -0.39 is 11.7 Å². The normalized spacial score (nSPS) is 13.5. The Morgan fingerprint density at radius 3 is 2.35 bits per heavy atom. The van der Waals surface area contributed by atoms with Gasteiger partial charge < -0.3 is 14.4 Å². The smallest absolute Gasteiger partial charge is 0.382 e. The number of nitrogens with zero attached hydrogens (tertiary/aromatic N) is 1. The summed E-state index contributed by atoms with van der Waals surface area (Å²) in [6.07, 6.45) is -4.35. The van der Waals surface area contributed by atoms with Crippen LogP contribution in [0, 0.1) is 6.92 Å². The van der Waals surface area contributed by atoms with Crippen molar-refractivity contribution in [3.05, 3.63) is 47.5 Å². The minimum atomic E-state index is -4.35. The highest BCUT2D eigenvalue weighted by molar-refractivity contribution is 7.99. The number of methoxy groups -OCH3 is 1. The van der Waals surface area contributed by atoms with Crippen LogP contribution < -0.4 is 4.90 Å². The molecule has 140 valence electrons. The monoisotopic (exact) mass is 383 g/mol. The topological polar surface area (TPSA) is 21.7 Å². The number of fused-ring (bicyclic) bond motifs is 2. The molecule has 26 heavy (non-hydrogen) atoms. The SMILES string of the molecule is COCCOCCN1c2ccc(C)cc2Sc2cc(C(F)(F)F)ccc21. The molecule has 1 aliphatic rings. The van der Waals surface area contributed by atoms with Gasteiger partial charge in [0.05, 0.1) is 36.8 Å². The molecule has 0 saturated heterocycles. The predicted molar refractivity (Wildman–Crippen MR) is 96.4 cm³/mol. The Bertz CT molecular complexity index is 780. The summed E-state index contributed by atoms with van der Waals surface area (Å²) in [5, 5.41) is 0. The molecule has 3 nitrogen and oxygen atoms in total. The van der Waals surface area contributed by atoms with E-state index in [1.165, 1.54) is 17.8 Å². The van der Waals surface area contributed by atoms with Gasteiger partial charge >= 0.3 is 6.18 Å². The second-order valence-corrected chi connectivity index (χ2v) is 7.09. The van der Waals surface area contributed by atoms with Crippen molar-refractivity contribution >= 4 is 23.1 Å². The Balaban J connectivity index is 1.90. The average molecular weight is 383 g/mol. The van der Waals surface area contributed by atoms with Crippen LogP contribution in [-0.2, 0) is 15.7 Å². The minimum absolute atomic E-state index is 0.460. The van der Waals surface area contributed by atoms with Crippen LogP contribution in [0.5, 0.6) is 0 Å². The highest BCUT2D eigenvalue weighted by Crippen LogP contribution is 2.49. The van der Waals surface area contributed by atoms with E-state index in [0.29, 0.717) is 31.3 Å². The fourth-order valence-electron chi connectivity index (χ4n) is 2.81. The van der Waals surface area contributed by atoms with E-state index in [-0.39, 0.29) is 0 Å². The highest BCUT2D eigenvalue weighted by atomic mass is 32.2. The van der Waals surface area contributed by atoms with Gasteiger partial charge in [0.25, 0.3) is 0 Å². The number of hydrogen-bond acceptors (Lipinski definition) is 4. The number of hydrogen-bond donors (Lipinski definition) is 0. The Morgan fingerprint density at radius 2 is 1.65 bits per heavy atom. The molecule has 0 amide bonds. The average Bonchev–Trinajstić information content (AvgIpc) is 2.59. The zero-order valence-corrected chi connectivity index (χ0v) is 15.4. The number of anilines is 2. The van der Waals surface area contributed by atoms with Crippen molar-refractivity contribution in [3.63, 3.8) is 0 Å². The molecule has 3 rings (SSSR count). The lowest BCUT2D eigenvalue weighted by Gasteiger charge is -2.33. The molecule has 0 atom stereocenters. The summed E-state index contributed by atoms with van der Waals surface area (Å²) >= 11 is 1.38. The van der Waals surface area contributed by atoms with E-state index in [0.717, 1.165) is 27.9 Å². The lowest BCUT2D eigenvalue weighted by Crippen LogP contribution is -2.26. The largest absolute Gasteiger partial charge is 0.416 e. The fraction of sp³-hybridized carbons (Fsp3) is 0.368. The molecule has 2 aromatic carbocycles. The predicted octanol–water partition coefficient (Wildman–Crippen LogP) is 5.28. The van der Waals surface area contributed by atoms with Crippen LogP contribution in [0.25, 0.3) is 0 Å². The third kappa shape index (κ3) is 4.16. The minimum Gasteiger partial charge on any atom is -0.382 e. The van der Waals surface area contributed by atoms with Crippen LogP contribution in [0.15, 0.2) is 46.2 Å². The number of alkyl halides is 3. The van der Waals surface area contributed by atoms with Gasteiger partial charge in [0.1, 0.15) is 0 Å². The summed E-state index contributed by atoms with van der Waals surface area (Å²) in [5.74, 6) is 0. The standard InChI is InChI=1S/C19H20F3NO2S/c1-13-3-5-15-17(11-13)26-18-12-14(19(20,21)22)4-6-16(18)23(15)7-8-25-10-9-24-2/h3-6,11-12H,7-10H2,1-2H3. The Morgan fingerprint density at radius 1 is 0.962 bits per heavy atom. The first-order chi connectivity index (χ1) is 12.4. The van der Waals surface area contributed by atoms with Gasteiger partial charge in [-0.15, -0.1) is 0 Å². The van der Waals surface area contributed by atoms with Gasteiger partial charge in [-0.3, -0.25) is 0 Å². The van der Waals surface area contributed by atoms with Gasteiger partial charge in [-0.25, -0.2) is 0 Å². The van der Waals surface area contributed by atoms with Crippen molar-refractivity contribution < 1.29 is 22.6 Å². The van der Waals surface area contributed by atoms with E-state index >= 15 is 0 Å². The summed E-state index contributed by atoms with van der Waals surface area (Å²) in [6, 6.07) is 9.92. The Hall–Kier alpha value is -1.70. The number of rotatable bonds is 6. The third-order valence-electron chi connectivity index (χ3n) is 4.09. The molecule has 0 radical (unpaired) electrons. The van der Waals surface area contributed by atoms with E-state index in [1.54, 1.807) is 13.2 Å². The summed E-state index contributed by atoms with van der Waals surface area (Å²) in [4.78, 5) is 3.58. The second-order valence-electron chi connectivity index (χ2n) is 6.01. The first kappa shape index (κ1) is 19.1. The molecular weight excluding hydrogens is 363 g/mol. The lowest BCUT2D eigenvalue weighted by atomic mass is 10.1. The number of ether oxygens (including phenoxy) is 2. The third-order valence-corrected chi connectivity index (χ3v) is 5.19. The molecule has 0 unspecified atom stereocenters. The lowest BCUT2D eigenvalue weighted by molar-refractivity contribution is -0.137. The van der Waals surface area contributed by atoms with Gasteiger partial charge in [-0.2, -0.15) is 13.2 Å². The van der Waals surface area contributed by atoms with Crippen LogP contribution in [0.4, 0.5) is 24.5 Å². The molecule has 1 aliphatic heterocycles. The van der Waals surface area contributed by atoms with E-state index in [4.69, 9.17) is 9.47 Å². The maximum absolute atomic E-state index is 13.1. The van der Waals surface area contributed by atoms with Crippen molar-refractivity contribution in [1.82, 2.24) is 0 Å². The summed E-state index contributed by atoms with van der Waals surface area (Å²) < 4.78 is 49.8. The Labute approximate surface area is 155 Å². The second kappa shape index (κ2) is 7.90. The molecule has 7 heteroatoms. The highest BCUT2D eigenvalue weighted by Gasteiger charge is 2.33. The number of benzene rings is 2. The van der Waals surface area contributed by atoms with Crippen molar-refractivity contribution in [2.75, 3.05) is 38.4 Å². The summed E-state index contributed by atoms with van der Waals surface area (Å²) in [5.41, 5.74) is 2.21. The van der Waals surface area contributed by atoms with Crippen LogP contribution in [0.3, 0.4) is 0 Å². The van der Waals surface area contributed by atoms with Crippen LogP contribution in [-0.4, -0.2) is 33.5 Å².